The fourth-order valence-corrected chi connectivity index (χ4v) is 3.42. The van der Waals surface area contributed by atoms with Crippen molar-refractivity contribution in [3.8, 4) is 0 Å². The van der Waals surface area contributed by atoms with E-state index in [1.54, 1.807) is 0 Å². The number of carbonyl (C=O) groups is 1. The quantitative estimate of drug-likeness (QED) is 0.892. The highest BCUT2D eigenvalue weighted by Gasteiger charge is 2.22. The third-order valence-electron chi connectivity index (χ3n) is 5.20. The van der Waals surface area contributed by atoms with E-state index in [1.807, 2.05) is 25.3 Å². The fraction of sp³-hybridized carbons (Fsp3) is 0.550. The van der Waals surface area contributed by atoms with Crippen LogP contribution < -0.4 is 5.32 Å². The van der Waals surface area contributed by atoms with Gasteiger partial charge in [0, 0.05) is 38.4 Å². The van der Waals surface area contributed by atoms with Crippen LogP contribution in [0.15, 0.2) is 30.5 Å². The van der Waals surface area contributed by atoms with Gasteiger partial charge in [0.2, 0.25) is 5.91 Å². The molecule has 0 unspecified atom stereocenters. The van der Waals surface area contributed by atoms with Gasteiger partial charge in [-0.2, -0.15) is 0 Å². The molecule has 0 spiro atoms. The Kier molecular flexibility index (Phi) is 6.10. The van der Waals surface area contributed by atoms with Crippen molar-refractivity contribution in [2.24, 2.45) is 0 Å². The van der Waals surface area contributed by atoms with Gasteiger partial charge in [-0.1, -0.05) is 12.1 Å². The lowest BCUT2D eigenvalue weighted by atomic mass is 10.1. The van der Waals surface area contributed by atoms with Crippen molar-refractivity contribution in [3.05, 3.63) is 41.7 Å². The summed E-state index contributed by atoms with van der Waals surface area (Å²) in [5, 5.41) is 3.05. The van der Waals surface area contributed by atoms with Crippen LogP contribution in [0.2, 0.25) is 0 Å². The summed E-state index contributed by atoms with van der Waals surface area (Å²) in [4.78, 5) is 17.0. The van der Waals surface area contributed by atoms with E-state index in [0.717, 1.165) is 56.8 Å². The number of hydrogen-bond donors (Lipinski definition) is 1. The molecule has 2 heterocycles. The van der Waals surface area contributed by atoms with Gasteiger partial charge in [-0.25, -0.2) is 0 Å². The van der Waals surface area contributed by atoms with E-state index in [9.17, 15) is 4.79 Å². The molecule has 0 bridgehead atoms. The van der Waals surface area contributed by atoms with Crippen LogP contribution in [0.25, 0.3) is 0 Å². The molecule has 0 radical (unpaired) electrons. The summed E-state index contributed by atoms with van der Waals surface area (Å²) in [6.45, 7) is 9.44. The zero-order valence-corrected chi connectivity index (χ0v) is 15.3. The van der Waals surface area contributed by atoms with Crippen LogP contribution in [0.1, 0.15) is 24.0 Å². The topological polar surface area (TPSA) is 44.8 Å². The maximum atomic E-state index is 12.3. The summed E-state index contributed by atoms with van der Waals surface area (Å²) in [6.07, 6.45) is 6.47. The third kappa shape index (κ3) is 5.06. The van der Waals surface area contributed by atoms with Crippen molar-refractivity contribution in [1.82, 2.24) is 9.80 Å². The van der Waals surface area contributed by atoms with E-state index in [4.69, 9.17) is 4.74 Å². The first kappa shape index (κ1) is 18.0. The van der Waals surface area contributed by atoms with Crippen molar-refractivity contribution < 1.29 is 9.53 Å². The molecule has 3 rings (SSSR count). The number of piperazine rings is 1. The molecular weight excluding hydrogens is 314 g/mol. The number of aryl methyl sites for hydroxylation is 1. The second kappa shape index (κ2) is 8.50. The van der Waals surface area contributed by atoms with Crippen LogP contribution in [0, 0.1) is 13.8 Å². The van der Waals surface area contributed by atoms with Gasteiger partial charge in [0.15, 0.2) is 0 Å². The summed E-state index contributed by atoms with van der Waals surface area (Å²) in [7, 11) is 0. The van der Waals surface area contributed by atoms with Crippen LogP contribution in [0.5, 0.6) is 0 Å². The van der Waals surface area contributed by atoms with Crippen molar-refractivity contribution in [3.63, 3.8) is 0 Å². The second-order valence-electron chi connectivity index (χ2n) is 7.08. The van der Waals surface area contributed by atoms with Crippen molar-refractivity contribution in [2.45, 2.75) is 32.8 Å². The summed E-state index contributed by atoms with van der Waals surface area (Å²) >= 11 is 0. The average Bonchev–Trinajstić information content (AvgIpc) is 2.62. The minimum absolute atomic E-state index is 0.0721. The summed E-state index contributed by atoms with van der Waals surface area (Å²) in [5.41, 5.74) is 3.26. The summed E-state index contributed by atoms with van der Waals surface area (Å²) in [5.74, 6) is 0.0721. The molecule has 0 saturated carbocycles. The molecule has 136 valence electrons. The number of hydrogen-bond acceptors (Lipinski definition) is 4. The Labute approximate surface area is 150 Å². The van der Waals surface area contributed by atoms with Crippen LogP contribution in [0.3, 0.4) is 0 Å². The number of anilines is 1. The largest absolute Gasteiger partial charge is 0.497 e. The number of amides is 1. The average molecular weight is 343 g/mol. The lowest BCUT2D eigenvalue weighted by molar-refractivity contribution is -0.117. The van der Waals surface area contributed by atoms with Crippen molar-refractivity contribution in [1.29, 1.82) is 0 Å². The molecular formula is C20H29N3O2. The molecule has 25 heavy (non-hydrogen) atoms. The van der Waals surface area contributed by atoms with Gasteiger partial charge < -0.3 is 10.1 Å². The predicted molar refractivity (Wildman–Crippen MR) is 101 cm³/mol. The predicted octanol–water partition coefficient (Wildman–Crippen LogP) is 2.55. The van der Waals surface area contributed by atoms with E-state index in [-0.39, 0.29) is 5.91 Å². The highest BCUT2D eigenvalue weighted by Crippen LogP contribution is 2.18. The van der Waals surface area contributed by atoms with E-state index >= 15 is 0 Å². The molecule has 0 aromatic heterocycles. The maximum absolute atomic E-state index is 12.3. The molecule has 0 aliphatic carbocycles. The normalized spacial score (nSPS) is 21.8. The molecule has 1 aromatic rings. The third-order valence-corrected chi connectivity index (χ3v) is 5.20. The minimum Gasteiger partial charge on any atom is -0.497 e. The Morgan fingerprint density at radius 2 is 1.96 bits per heavy atom. The van der Waals surface area contributed by atoms with Crippen LogP contribution in [-0.4, -0.2) is 61.1 Å². The van der Waals surface area contributed by atoms with E-state index in [1.165, 1.54) is 5.56 Å². The molecule has 1 fully saturated rings. The first-order valence-electron chi connectivity index (χ1n) is 9.23. The Morgan fingerprint density at radius 3 is 2.68 bits per heavy atom. The second-order valence-corrected chi connectivity index (χ2v) is 7.08. The zero-order chi connectivity index (χ0) is 17.6. The fourth-order valence-electron chi connectivity index (χ4n) is 3.42. The molecule has 2 aliphatic heterocycles. The minimum atomic E-state index is 0.0721. The molecule has 5 nitrogen and oxygen atoms in total. The summed E-state index contributed by atoms with van der Waals surface area (Å²) < 4.78 is 5.66. The van der Waals surface area contributed by atoms with Crippen molar-refractivity contribution in [2.75, 3.05) is 44.6 Å². The number of ether oxygens (including phenoxy) is 1. The molecule has 1 N–H and O–H groups in total. The zero-order valence-electron chi connectivity index (χ0n) is 15.3. The monoisotopic (exact) mass is 343 g/mol. The molecule has 1 saturated heterocycles. The SMILES string of the molecule is Cc1cccc(NC(=O)CN2CCN(C[C@H]3CCC=CO3)CC2)c1C. The van der Waals surface area contributed by atoms with Gasteiger partial charge in [-0.05, 0) is 50.0 Å². The van der Waals surface area contributed by atoms with E-state index < -0.39 is 0 Å². The van der Waals surface area contributed by atoms with E-state index in [2.05, 4.69) is 34.2 Å². The Hall–Kier alpha value is -1.85. The van der Waals surface area contributed by atoms with Gasteiger partial charge in [-0.3, -0.25) is 14.6 Å². The number of carbonyl (C=O) groups excluding carboxylic acids is 1. The van der Waals surface area contributed by atoms with Gasteiger partial charge in [0.25, 0.3) is 0 Å². The molecule has 1 atom stereocenters. The van der Waals surface area contributed by atoms with Gasteiger partial charge in [0.1, 0.15) is 6.10 Å². The van der Waals surface area contributed by atoms with Crippen molar-refractivity contribution >= 4 is 11.6 Å². The van der Waals surface area contributed by atoms with Crippen LogP contribution >= 0.6 is 0 Å². The first-order chi connectivity index (χ1) is 12.1. The highest BCUT2D eigenvalue weighted by molar-refractivity contribution is 5.93. The van der Waals surface area contributed by atoms with E-state index in [0.29, 0.717) is 12.6 Å². The molecule has 5 heteroatoms. The Bertz CT molecular complexity index is 621. The first-order valence-corrected chi connectivity index (χ1v) is 9.23. The summed E-state index contributed by atoms with van der Waals surface area (Å²) in [6, 6.07) is 6.02. The molecule has 2 aliphatic rings. The number of benzene rings is 1. The highest BCUT2D eigenvalue weighted by atomic mass is 16.5. The number of nitrogens with zero attached hydrogens (tertiary/aromatic N) is 2. The lowest BCUT2D eigenvalue weighted by Crippen LogP contribution is -2.50. The van der Waals surface area contributed by atoms with Gasteiger partial charge in [-0.15, -0.1) is 0 Å². The smallest absolute Gasteiger partial charge is 0.238 e. The standard InChI is InChI=1S/C20H29N3O2/c1-16-6-5-8-19(17(16)2)21-20(24)15-23-11-9-22(10-12-23)14-18-7-3-4-13-25-18/h4-6,8,13,18H,3,7,9-12,14-15H2,1-2H3,(H,21,24)/t18-/m1/s1. The van der Waals surface area contributed by atoms with Gasteiger partial charge in [0.05, 0.1) is 12.8 Å². The Balaban J connectivity index is 1.41. The maximum Gasteiger partial charge on any atom is 0.238 e. The molecule has 1 amide bonds. The molecule has 1 aromatic carbocycles. The van der Waals surface area contributed by atoms with Gasteiger partial charge >= 0.3 is 0 Å². The van der Waals surface area contributed by atoms with Crippen LogP contribution in [-0.2, 0) is 9.53 Å². The van der Waals surface area contributed by atoms with Crippen LogP contribution in [0.4, 0.5) is 5.69 Å². The Morgan fingerprint density at radius 1 is 1.20 bits per heavy atom. The number of nitrogens with one attached hydrogen (secondary N) is 1. The number of allylic oxidation sites excluding steroid dienone is 1. The number of rotatable bonds is 5. The lowest BCUT2D eigenvalue weighted by Gasteiger charge is -2.36.